The Balaban J connectivity index is 0.000000257. The number of aryl methyl sites for hydroxylation is 4. The standard InChI is InChI=1S/C4H6N2O.C3H5N3O.3C3H5N3.2C2H4N4/c1-6-4(7)2-3-5-6;1-6-3(7)2-4-5-6;1-6-3-2-4-5-6;1-6-4-2-3-5-6;1-3-4-2-5-6-3;1-6-2-3-4-5-6;1-6-4-2-3-5-6/h3H,2H2,1H3;2H2,1H3;2*2-3H,1H3;2H2,1H3;2*2H,1H3. The highest BCUT2D eigenvalue weighted by Gasteiger charge is 2.11. The van der Waals surface area contributed by atoms with Gasteiger partial charge in [-0.2, -0.15) is 35.1 Å². The van der Waals surface area contributed by atoms with Gasteiger partial charge in [-0.05, 0) is 22.6 Å². The first-order valence-corrected chi connectivity index (χ1v) is 12.3. The van der Waals surface area contributed by atoms with Crippen LogP contribution in [0.5, 0.6) is 0 Å². The number of carbonyl (C=O) groups is 2. The minimum atomic E-state index is -0.0417. The van der Waals surface area contributed by atoms with Crippen LogP contribution in [0, 0.1) is 0 Å². The quantitative estimate of drug-likeness (QED) is 0.220. The molecule has 0 atom stereocenters. The first-order chi connectivity index (χ1) is 21.1. The molecule has 0 radical (unpaired) electrons. The summed E-state index contributed by atoms with van der Waals surface area (Å²) in [6, 6.07) is 0. The fourth-order valence-electron chi connectivity index (χ4n) is 2.05. The van der Waals surface area contributed by atoms with E-state index in [4.69, 9.17) is 0 Å². The van der Waals surface area contributed by atoms with Gasteiger partial charge in [0.05, 0.1) is 32.1 Å². The molecule has 0 N–H and O–H groups in total. The number of amidine groups is 1. The van der Waals surface area contributed by atoms with E-state index in [-0.39, 0.29) is 18.4 Å². The molecule has 0 spiro atoms. The third-order valence-electron chi connectivity index (χ3n) is 4.20. The number of amides is 2. The summed E-state index contributed by atoms with van der Waals surface area (Å²) in [5.74, 6) is 0.815. The van der Waals surface area contributed by atoms with E-state index in [1.165, 1.54) is 36.9 Å². The number of hydrogen-bond donors (Lipinski definition) is 0. The smallest absolute Gasteiger partial charge is 0.267 e. The van der Waals surface area contributed by atoms with Crippen LogP contribution >= 0.6 is 0 Å². The summed E-state index contributed by atoms with van der Waals surface area (Å²) in [5.41, 5.74) is 0. The second-order valence-electron chi connectivity index (χ2n) is 7.82. The van der Waals surface area contributed by atoms with Crippen molar-refractivity contribution in [2.24, 2.45) is 58.9 Å². The maximum absolute atomic E-state index is 10.4. The van der Waals surface area contributed by atoms with Crippen LogP contribution in [0.4, 0.5) is 0 Å². The number of tetrazole rings is 2. The van der Waals surface area contributed by atoms with Gasteiger partial charge in [-0.25, -0.2) is 19.7 Å². The van der Waals surface area contributed by atoms with Gasteiger partial charge in [-0.15, -0.1) is 25.5 Å². The van der Waals surface area contributed by atoms with Crippen molar-refractivity contribution in [1.29, 1.82) is 0 Å². The molecule has 0 fully saturated rings. The molecule has 0 aliphatic carbocycles. The molecule has 0 saturated carbocycles. The summed E-state index contributed by atoms with van der Waals surface area (Å²) >= 11 is 0. The second-order valence-corrected chi connectivity index (χ2v) is 7.82. The van der Waals surface area contributed by atoms with Gasteiger partial charge < -0.3 is 0 Å². The molecule has 3 aliphatic rings. The maximum Gasteiger partial charge on any atom is 0.267 e. The molecule has 24 nitrogen and oxygen atoms in total. The lowest BCUT2D eigenvalue weighted by Gasteiger charge is -1.98. The lowest BCUT2D eigenvalue weighted by atomic mass is 10.5. The predicted molar refractivity (Wildman–Crippen MR) is 151 cm³/mol. The summed E-state index contributed by atoms with van der Waals surface area (Å²) in [6.07, 6.45) is 11.7. The lowest BCUT2D eigenvalue weighted by Crippen LogP contribution is -2.16. The van der Waals surface area contributed by atoms with Gasteiger partial charge in [0.1, 0.15) is 18.7 Å². The van der Waals surface area contributed by atoms with E-state index in [1.807, 2.05) is 14.0 Å². The third kappa shape index (κ3) is 18.3. The van der Waals surface area contributed by atoms with Crippen molar-refractivity contribution in [2.45, 2.75) is 13.3 Å². The zero-order valence-electron chi connectivity index (χ0n) is 25.3. The molecule has 24 heteroatoms. The molecular weight excluding hydrogens is 580 g/mol. The van der Waals surface area contributed by atoms with Crippen molar-refractivity contribution >= 4 is 23.9 Å². The van der Waals surface area contributed by atoms with Crippen molar-refractivity contribution in [3.05, 3.63) is 37.4 Å². The Morgan fingerprint density at radius 1 is 0.727 bits per heavy atom. The second kappa shape index (κ2) is 21.6. The molecule has 3 aliphatic heterocycles. The van der Waals surface area contributed by atoms with Gasteiger partial charge in [0.25, 0.3) is 5.91 Å². The fraction of sp³-hybridized carbons (Fsp3) is 0.500. The number of likely N-dealkylation sites (N-methyl/N-ethyl adjacent to an activating group) is 1. The van der Waals surface area contributed by atoms with Gasteiger partial charge in [0, 0.05) is 47.6 Å². The molecule has 0 aromatic carbocycles. The Hall–Kier alpha value is -6.10. The number of hydrogen-bond acceptors (Lipinski definition) is 18. The zero-order valence-corrected chi connectivity index (χ0v) is 25.3. The van der Waals surface area contributed by atoms with Crippen molar-refractivity contribution in [3.63, 3.8) is 0 Å². The van der Waals surface area contributed by atoms with Crippen LogP contribution in [-0.4, -0.2) is 132 Å². The SMILES string of the molecule is CC1=NCN=N1.CN1N=CCC1=O.CN1N=NCC1=O.Cn1ccnn1.Cn1cnnn1.Cn1nccn1.Cn1ncnn1. The normalized spacial score (nSPS) is 13.4. The molecule has 0 unspecified atom stereocenters. The van der Waals surface area contributed by atoms with Gasteiger partial charge in [0.2, 0.25) is 5.91 Å². The first kappa shape index (κ1) is 35.9. The van der Waals surface area contributed by atoms with Gasteiger partial charge >= 0.3 is 0 Å². The van der Waals surface area contributed by atoms with E-state index in [9.17, 15) is 9.59 Å². The Labute approximate surface area is 251 Å². The summed E-state index contributed by atoms with van der Waals surface area (Å²) in [5, 5.41) is 55.6. The van der Waals surface area contributed by atoms with E-state index in [1.54, 1.807) is 70.9 Å². The summed E-state index contributed by atoms with van der Waals surface area (Å²) < 4.78 is 3.17. The largest absolute Gasteiger partial charge is 0.273 e. The molecule has 7 rings (SSSR count). The van der Waals surface area contributed by atoms with Crippen LogP contribution in [0.1, 0.15) is 13.3 Å². The molecule has 4 aromatic heterocycles. The maximum atomic E-state index is 10.4. The molecule has 0 saturated heterocycles. The Kier molecular flexibility index (Phi) is 17.7. The Bertz CT molecular complexity index is 1230. The molecule has 4 aromatic rings. The number of rotatable bonds is 0. The molecule has 44 heavy (non-hydrogen) atoms. The average Bonchev–Trinajstić information content (AvgIpc) is 3.81. The summed E-state index contributed by atoms with van der Waals surface area (Å²) in [6.45, 7) is 2.58. The van der Waals surface area contributed by atoms with Gasteiger partial charge in [-0.3, -0.25) is 14.3 Å². The number of hydrazone groups is 1. The van der Waals surface area contributed by atoms with Crippen LogP contribution in [0.2, 0.25) is 0 Å². The molecule has 2 amide bonds. The number of azo groups is 1. The van der Waals surface area contributed by atoms with Crippen molar-refractivity contribution in [1.82, 2.24) is 80.4 Å². The highest BCUT2D eigenvalue weighted by molar-refractivity contribution is 5.93. The fourth-order valence-corrected chi connectivity index (χ4v) is 2.05. The number of carbonyl (C=O) groups excluding carboxylic acids is 2. The minimum absolute atomic E-state index is 0.0417. The van der Waals surface area contributed by atoms with E-state index in [0.717, 1.165) is 5.84 Å². The monoisotopic (exact) mass is 614 g/mol. The highest BCUT2D eigenvalue weighted by atomic mass is 16.2. The van der Waals surface area contributed by atoms with Crippen LogP contribution in [0.15, 0.2) is 68.1 Å². The van der Waals surface area contributed by atoms with Crippen LogP contribution < -0.4 is 0 Å². The Morgan fingerprint density at radius 3 is 1.64 bits per heavy atom. The molecule has 236 valence electrons. The van der Waals surface area contributed by atoms with Crippen LogP contribution in [-0.2, 0) is 37.8 Å². The first-order valence-electron chi connectivity index (χ1n) is 12.3. The number of aliphatic imine (C=N–C) groups is 1. The van der Waals surface area contributed by atoms with Crippen molar-refractivity contribution in [3.8, 4) is 0 Å². The van der Waals surface area contributed by atoms with Gasteiger partial charge in [-0.1, -0.05) is 10.4 Å². The number of aromatic nitrogens is 14. The highest BCUT2D eigenvalue weighted by Crippen LogP contribution is 1.96. The van der Waals surface area contributed by atoms with Gasteiger partial charge in [0.15, 0.2) is 13.0 Å². The van der Waals surface area contributed by atoms with E-state index < -0.39 is 0 Å². The van der Waals surface area contributed by atoms with Crippen molar-refractivity contribution in [2.75, 3.05) is 27.3 Å². The topological polar surface area (TPSA) is 263 Å². The van der Waals surface area contributed by atoms with Crippen molar-refractivity contribution < 1.29 is 9.59 Å². The third-order valence-corrected chi connectivity index (χ3v) is 4.20. The van der Waals surface area contributed by atoms with Crippen LogP contribution in [0.3, 0.4) is 0 Å². The molecule has 7 heterocycles. The lowest BCUT2D eigenvalue weighted by molar-refractivity contribution is -0.127. The van der Waals surface area contributed by atoms with E-state index in [0.29, 0.717) is 13.1 Å². The minimum Gasteiger partial charge on any atom is -0.273 e. The van der Waals surface area contributed by atoms with E-state index >= 15 is 0 Å². The average molecular weight is 615 g/mol. The van der Waals surface area contributed by atoms with Crippen LogP contribution in [0.25, 0.3) is 0 Å². The summed E-state index contributed by atoms with van der Waals surface area (Å²) in [4.78, 5) is 27.4. The van der Waals surface area contributed by atoms with E-state index in [2.05, 4.69) is 82.1 Å². The molecular formula is C20H34N22O2. The Morgan fingerprint density at radius 2 is 1.48 bits per heavy atom. The summed E-state index contributed by atoms with van der Waals surface area (Å²) in [7, 11) is 10.3. The predicted octanol–water partition coefficient (Wildman–Crippen LogP) is -1.46. The zero-order chi connectivity index (χ0) is 32.6. The number of nitrogens with zero attached hydrogens (tertiary/aromatic N) is 22. The molecule has 0 bridgehead atoms.